The predicted molar refractivity (Wildman–Crippen MR) is 270 cm³/mol. The molecule has 0 spiro atoms. The number of methoxy groups -OCH3 is 1. The summed E-state index contributed by atoms with van der Waals surface area (Å²) < 4.78 is 39.9. The minimum absolute atomic E-state index is 0.0339. The third-order valence-corrected chi connectivity index (χ3v) is 28.4. The van der Waals surface area contributed by atoms with Crippen LogP contribution in [-0.4, -0.2) is 85.5 Å². The van der Waals surface area contributed by atoms with E-state index in [9.17, 15) is 9.90 Å². The first-order chi connectivity index (χ1) is 29.7. The van der Waals surface area contributed by atoms with Crippen LogP contribution in [-0.2, 0) is 38.9 Å². The molecule has 364 valence electrons. The summed E-state index contributed by atoms with van der Waals surface area (Å²) >= 11 is 0. The van der Waals surface area contributed by atoms with Crippen molar-refractivity contribution in [2.75, 3.05) is 13.7 Å². The van der Waals surface area contributed by atoms with Gasteiger partial charge in [-0.1, -0.05) is 107 Å². The maximum atomic E-state index is 15.5. The van der Waals surface area contributed by atoms with Gasteiger partial charge in [0.05, 0.1) is 44.2 Å². The molecule has 9 nitrogen and oxygen atoms in total. The van der Waals surface area contributed by atoms with Gasteiger partial charge in [-0.2, -0.15) is 0 Å². The molecule has 0 aliphatic rings. The van der Waals surface area contributed by atoms with E-state index in [0.717, 1.165) is 89.7 Å². The summed E-state index contributed by atoms with van der Waals surface area (Å²) in [5.74, 6) is 0.591. The van der Waals surface area contributed by atoms with Crippen LogP contribution in [0.1, 0.15) is 142 Å². The molecule has 0 aliphatic carbocycles. The Kier molecular flexibility index (Phi) is 27.2. The number of rotatable bonds is 35. The van der Waals surface area contributed by atoms with Crippen molar-refractivity contribution in [3.63, 3.8) is 0 Å². The lowest BCUT2D eigenvalue weighted by Gasteiger charge is -2.45. The summed E-state index contributed by atoms with van der Waals surface area (Å²) in [5.41, 5.74) is 2.28. The number of carbonyl (C=O) groups is 2. The summed E-state index contributed by atoms with van der Waals surface area (Å²) in [6, 6.07) is 16.4. The molecule has 0 saturated heterocycles. The number of benzene rings is 1. The maximum absolute atomic E-state index is 15.5. The number of ether oxygens (including phenoxy) is 3. The highest BCUT2D eigenvalue weighted by atomic mass is 28.4. The molecule has 0 unspecified atom stereocenters. The van der Waals surface area contributed by atoms with Crippen LogP contribution in [0.3, 0.4) is 0 Å². The van der Waals surface area contributed by atoms with E-state index < -0.39 is 55.0 Å². The van der Waals surface area contributed by atoms with Crippen molar-refractivity contribution < 1.29 is 42.2 Å². The fraction of sp³-hybridized carbons (Fsp3) is 0.765. The molecule has 0 bridgehead atoms. The van der Waals surface area contributed by atoms with Gasteiger partial charge in [-0.25, -0.2) is 0 Å². The first-order valence-corrected chi connectivity index (χ1v) is 32.3. The zero-order valence-corrected chi connectivity index (χ0v) is 46.1. The summed E-state index contributed by atoms with van der Waals surface area (Å²) in [5, 5.41) is 10.7. The molecule has 1 aromatic carbocycles. The number of Topliss-reactive ketones (excluding diaryl/α,β-unsaturated/α-hetero) is 1. The molecule has 0 aliphatic heterocycles. The van der Waals surface area contributed by atoms with Crippen LogP contribution in [0.15, 0.2) is 48.1 Å². The molecule has 1 rings (SSSR count). The first kappa shape index (κ1) is 59.1. The minimum Gasteiger partial charge on any atom is -0.497 e. The number of hydrogen-bond donors (Lipinski definition) is 1. The monoisotopic (exact) mass is 935 g/mol. The second kappa shape index (κ2) is 29.0. The number of esters is 1. The molecule has 0 heterocycles. The fourth-order valence-electron chi connectivity index (χ4n) is 9.20. The largest absolute Gasteiger partial charge is 0.497 e. The van der Waals surface area contributed by atoms with E-state index in [0.29, 0.717) is 19.4 Å². The van der Waals surface area contributed by atoms with Gasteiger partial charge < -0.3 is 32.6 Å². The topological polar surface area (TPSA) is 110 Å². The standard InChI is InChI=1S/C51H94O9Si3/c1-18-61(19-2,20-3)58-47(37-51(16,60-63(24-7,25-8)26-9)42(13)34-40(11)33-39(10)31-32-56-44(15)53)36-48(54)50(57-38-45-27-29-46(55-17)30-28-45)49(41(12)35-43(14)52)59-62(21-4,22-5)23-6/h27-30,34,39,41,43,47,49-50,52H,11,18-26,31-33,35-38H2,1-10,12-17H3/b42-34+/t39-,41+,43-,47+,49-,50-,51+/m0/s1. The van der Waals surface area contributed by atoms with Crippen molar-refractivity contribution in [3.05, 3.63) is 53.6 Å². The van der Waals surface area contributed by atoms with Gasteiger partial charge in [0, 0.05) is 19.8 Å². The predicted octanol–water partition coefficient (Wildman–Crippen LogP) is 13.4. The van der Waals surface area contributed by atoms with Gasteiger partial charge in [-0.15, -0.1) is 0 Å². The Hall–Kier alpha value is -1.91. The molecule has 0 aromatic heterocycles. The molecule has 0 fully saturated rings. The lowest BCUT2D eigenvalue weighted by Crippen LogP contribution is -2.52. The molecule has 0 radical (unpaired) electrons. The van der Waals surface area contributed by atoms with E-state index in [1.165, 1.54) is 6.92 Å². The SMILES string of the molecule is C=C(/C=C(\C)[C@@](C)(C[C@@H](CC(=O)[C@H](OCc1ccc(OC)cc1)[C@@H](O[Si](CC)(CC)CC)[C@H](C)C[C@H](C)O)O[Si](CC)(CC)CC)O[Si](CC)(CC)CC)C[C@@H](C)CCOC(C)=O. The molecule has 12 heteroatoms. The summed E-state index contributed by atoms with van der Waals surface area (Å²) in [6.45, 7) is 37.1. The highest BCUT2D eigenvalue weighted by Gasteiger charge is 2.46. The third-order valence-electron chi connectivity index (χ3n) is 14.3. The van der Waals surface area contributed by atoms with Crippen LogP contribution in [0.4, 0.5) is 0 Å². The smallest absolute Gasteiger partial charge is 0.302 e. The van der Waals surface area contributed by atoms with E-state index in [4.69, 9.17) is 27.5 Å². The van der Waals surface area contributed by atoms with Gasteiger partial charge in [0.1, 0.15) is 11.9 Å². The Morgan fingerprint density at radius 1 is 0.778 bits per heavy atom. The van der Waals surface area contributed by atoms with Crippen LogP contribution in [0.25, 0.3) is 0 Å². The van der Waals surface area contributed by atoms with E-state index in [2.05, 4.69) is 103 Å². The van der Waals surface area contributed by atoms with Crippen LogP contribution in [0, 0.1) is 11.8 Å². The normalized spacial score (nSPS) is 16.7. The number of carbonyl (C=O) groups excluding carboxylic acids is 2. The highest BCUT2D eigenvalue weighted by molar-refractivity contribution is 6.74. The summed E-state index contributed by atoms with van der Waals surface area (Å²) in [7, 11) is -5.08. The summed E-state index contributed by atoms with van der Waals surface area (Å²) in [4.78, 5) is 26.9. The highest BCUT2D eigenvalue weighted by Crippen LogP contribution is 2.40. The van der Waals surface area contributed by atoms with Crippen molar-refractivity contribution in [1.82, 2.24) is 0 Å². The van der Waals surface area contributed by atoms with Crippen molar-refractivity contribution in [2.45, 2.75) is 227 Å². The quantitative estimate of drug-likeness (QED) is 0.0404. The number of allylic oxidation sites excluding steroid dienone is 2. The van der Waals surface area contributed by atoms with Gasteiger partial charge >= 0.3 is 5.97 Å². The van der Waals surface area contributed by atoms with Gasteiger partial charge in [0.25, 0.3) is 0 Å². The molecule has 1 N–H and O–H groups in total. The van der Waals surface area contributed by atoms with E-state index in [1.807, 2.05) is 31.2 Å². The van der Waals surface area contributed by atoms with E-state index >= 15 is 4.79 Å². The molecule has 1 aromatic rings. The second-order valence-corrected chi connectivity index (χ2v) is 33.0. The Labute approximate surface area is 389 Å². The third kappa shape index (κ3) is 19.1. The molecular formula is C51H94O9Si3. The first-order valence-electron chi connectivity index (χ1n) is 24.7. The lowest BCUT2D eigenvalue weighted by molar-refractivity contribution is -0.144. The number of aliphatic hydroxyl groups excluding tert-OH is 1. The van der Waals surface area contributed by atoms with Crippen molar-refractivity contribution in [2.24, 2.45) is 11.8 Å². The van der Waals surface area contributed by atoms with Crippen molar-refractivity contribution >= 4 is 36.7 Å². The molecule has 0 amide bonds. The lowest BCUT2D eigenvalue weighted by atomic mass is 9.85. The van der Waals surface area contributed by atoms with E-state index in [1.54, 1.807) is 7.11 Å². The molecule has 0 saturated carbocycles. The van der Waals surface area contributed by atoms with Gasteiger partial charge in [-0.3, -0.25) is 9.59 Å². The van der Waals surface area contributed by atoms with Crippen molar-refractivity contribution in [3.8, 4) is 5.75 Å². The minimum atomic E-state index is -2.26. The average molecular weight is 936 g/mol. The van der Waals surface area contributed by atoms with Crippen LogP contribution in [0.5, 0.6) is 5.75 Å². The Bertz CT molecular complexity index is 1480. The fourth-order valence-corrected chi connectivity index (χ4v) is 18.1. The van der Waals surface area contributed by atoms with E-state index in [-0.39, 0.29) is 36.6 Å². The molecule has 7 atom stereocenters. The van der Waals surface area contributed by atoms with Gasteiger partial charge in [0.2, 0.25) is 0 Å². The van der Waals surface area contributed by atoms with Gasteiger partial charge in [0.15, 0.2) is 30.7 Å². The number of aliphatic hydroxyl groups is 1. The van der Waals surface area contributed by atoms with Crippen LogP contribution >= 0.6 is 0 Å². The summed E-state index contributed by atoms with van der Waals surface area (Å²) in [6.07, 6.45) is 2.44. The number of ketones is 1. The van der Waals surface area contributed by atoms with Crippen LogP contribution < -0.4 is 4.74 Å². The molecular weight excluding hydrogens is 841 g/mol. The average Bonchev–Trinajstić information content (AvgIpc) is 3.25. The Balaban J connectivity index is 4.04. The Morgan fingerprint density at radius 2 is 1.29 bits per heavy atom. The second-order valence-electron chi connectivity index (χ2n) is 18.8. The van der Waals surface area contributed by atoms with Crippen molar-refractivity contribution in [1.29, 1.82) is 0 Å². The zero-order chi connectivity index (χ0) is 48.0. The molecule has 63 heavy (non-hydrogen) atoms. The number of hydrogen-bond acceptors (Lipinski definition) is 9. The van der Waals surface area contributed by atoms with Crippen LogP contribution in [0.2, 0.25) is 54.4 Å². The maximum Gasteiger partial charge on any atom is 0.302 e. The van der Waals surface area contributed by atoms with Gasteiger partial charge in [-0.05, 0) is 130 Å². The zero-order valence-electron chi connectivity index (χ0n) is 43.1. The Morgan fingerprint density at radius 3 is 1.75 bits per heavy atom.